The SMILES string of the molecule is CCc1cccc2c(C=O)c(-c3ccncc3)[nH]c12. The maximum Gasteiger partial charge on any atom is 0.152 e. The van der Waals surface area contributed by atoms with Gasteiger partial charge < -0.3 is 4.98 Å². The second-order valence-electron chi connectivity index (χ2n) is 4.46. The molecular weight excluding hydrogens is 236 g/mol. The molecular formula is C16H14N2O. The number of pyridine rings is 1. The Morgan fingerprint density at radius 3 is 2.68 bits per heavy atom. The van der Waals surface area contributed by atoms with Crippen LogP contribution >= 0.6 is 0 Å². The third kappa shape index (κ3) is 1.83. The van der Waals surface area contributed by atoms with Crippen LogP contribution in [0.25, 0.3) is 22.2 Å². The number of aldehydes is 1. The molecule has 3 heteroatoms. The molecule has 2 aromatic heterocycles. The number of nitrogens with zero attached hydrogens (tertiary/aromatic N) is 1. The molecule has 0 saturated carbocycles. The van der Waals surface area contributed by atoms with Gasteiger partial charge in [-0.25, -0.2) is 0 Å². The smallest absolute Gasteiger partial charge is 0.152 e. The number of hydrogen-bond acceptors (Lipinski definition) is 2. The third-order valence-electron chi connectivity index (χ3n) is 3.43. The van der Waals surface area contributed by atoms with Gasteiger partial charge in [0.15, 0.2) is 6.29 Å². The first-order valence-corrected chi connectivity index (χ1v) is 6.34. The number of nitrogens with one attached hydrogen (secondary N) is 1. The first kappa shape index (κ1) is 11.7. The van der Waals surface area contributed by atoms with Gasteiger partial charge in [0, 0.05) is 34.4 Å². The minimum atomic E-state index is 0.719. The van der Waals surface area contributed by atoms with Crippen molar-refractivity contribution in [2.45, 2.75) is 13.3 Å². The number of benzene rings is 1. The van der Waals surface area contributed by atoms with E-state index in [1.807, 2.05) is 24.3 Å². The first-order chi connectivity index (χ1) is 9.35. The molecule has 1 aromatic carbocycles. The highest BCUT2D eigenvalue weighted by molar-refractivity contribution is 6.05. The maximum absolute atomic E-state index is 11.4. The Hall–Kier alpha value is -2.42. The van der Waals surface area contributed by atoms with Crippen LogP contribution in [0.1, 0.15) is 22.8 Å². The number of carbonyl (C=O) groups excluding carboxylic acids is 1. The topological polar surface area (TPSA) is 45.8 Å². The number of para-hydroxylation sites is 1. The lowest BCUT2D eigenvalue weighted by atomic mass is 10.0. The summed E-state index contributed by atoms with van der Waals surface area (Å²) in [5, 5.41) is 0.987. The minimum absolute atomic E-state index is 0.719. The van der Waals surface area contributed by atoms with Crippen molar-refractivity contribution < 1.29 is 4.79 Å². The highest BCUT2D eigenvalue weighted by atomic mass is 16.1. The first-order valence-electron chi connectivity index (χ1n) is 6.34. The zero-order valence-electron chi connectivity index (χ0n) is 10.7. The van der Waals surface area contributed by atoms with Gasteiger partial charge in [-0.3, -0.25) is 9.78 Å². The summed E-state index contributed by atoms with van der Waals surface area (Å²) in [6.07, 6.45) is 5.33. The molecule has 0 fully saturated rings. The van der Waals surface area contributed by atoms with E-state index in [1.54, 1.807) is 12.4 Å². The standard InChI is InChI=1S/C16H14N2O/c1-2-11-4-3-5-13-14(10-19)16(18-15(11)13)12-6-8-17-9-7-12/h3-10,18H,2H2,1H3. The third-order valence-corrected chi connectivity index (χ3v) is 3.43. The monoisotopic (exact) mass is 250 g/mol. The van der Waals surface area contributed by atoms with Gasteiger partial charge in [0.1, 0.15) is 0 Å². The van der Waals surface area contributed by atoms with Gasteiger partial charge in [0.25, 0.3) is 0 Å². The van der Waals surface area contributed by atoms with Crippen molar-refractivity contribution in [3.05, 3.63) is 53.9 Å². The van der Waals surface area contributed by atoms with Crippen molar-refractivity contribution >= 4 is 17.2 Å². The van der Waals surface area contributed by atoms with E-state index in [0.717, 1.165) is 40.4 Å². The van der Waals surface area contributed by atoms with Crippen molar-refractivity contribution in [3.63, 3.8) is 0 Å². The molecule has 0 amide bonds. The zero-order valence-corrected chi connectivity index (χ0v) is 10.7. The molecule has 2 heterocycles. The van der Waals surface area contributed by atoms with E-state index in [2.05, 4.69) is 23.0 Å². The van der Waals surface area contributed by atoms with Crippen LogP contribution in [0.15, 0.2) is 42.7 Å². The minimum Gasteiger partial charge on any atom is -0.354 e. The highest BCUT2D eigenvalue weighted by Crippen LogP contribution is 2.30. The summed E-state index contributed by atoms with van der Waals surface area (Å²) in [4.78, 5) is 18.8. The van der Waals surface area contributed by atoms with Gasteiger partial charge in [-0.2, -0.15) is 0 Å². The van der Waals surface area contributed by atoms with Crippen LogP contribution < -0.4 is 0 Å². The van der Waals surface area contributed by atoms with E-state index < -0.39 is 0 Å². The van der Waals surface area contributed by atoms with Crippen molar-refractivity contribution in [3.8, 4) is 11.3 Å². The predicted molar refractivity (Wildman–Crippen MR) is 76.3 cm³/mol. The van der Waals surface area contributed by atoms with E-state index in [9.17, 15) is 4.79 Å². The van der Waals surface area contributed by atoms with Gasteiger partial charge >= 0.3 is 0 Å². The van der Waals surface area contributed by atoms with E-state index >= 15 is 0 Å². The molecule has 0 atom stereocenters. The lowest BCUT2D eigenvalue weighted by molar-refractivity contribution is 0.112. The molecule has 0 aliphatic carbocycles. The summed E-state index contributed by atoms with van der Waals surface area (Å²) < 4.78 is 0. The Balaban J connectivity index is 2.34. The summed E-state index contributed by atoms with van der Waals surface area (Å²) in [6.45, 7) is 2.11. The Bertz CT molecular complexity index is 729. The van der Waals surface area contributed by atoms with E-state index in [-0.39, 0.29) is 0 Å². The molecule has 94 valence electrons. The van der Waals surface area contributed by atoms with E-state index in [1.165, 1.54) is 5.56 Å². The normalized spacial score (nSPS) is 10.8. The molecule has 0 bridgehead atoms. The molecule has 0 aliphatic heterocycles. The number of carbonyl (C=O) groups is 1. The van der Waals surface area contributed by atoms with Crippen LogP contribution in [0.4, 0.5) is 0 Å². The lowest BCUT2D eigenvalue weighted by Gasteiger charge is -1.98. The fourth-order valence-corrected chi connectivity index (χ4v) is 2.46. The van der Waals surface area contributed by atoms with Crippen LogP contribution in [-0.2, 0) is 6.42 Å². The van der Waals surface area contributed by atoms with Gasteiger partial charge in [-0.15, -0.1) is 0 Å². The van der Waals surface area contributed by atoms with Crippen molar-refractivity contribution in [2.75, 3.05) is 0 Å². The van der Waals surface area contributed by atoms with Gasteiger partial charge in [-0.1, -0.05) is 25.1 Å². The molecule has 0 saturated heterocycles. The number of hydrogen-bond donors (Lipinski definition) is 1. The second-order valence-corrected chi connectivity index (χ2v) is 4.46. The highest BCUT2D eigenvalue weighted by Gasteiger charge is 2.13. The number of aromatic amines is 1. The van der Waals surface area contributed by atoms with E-state index in [0.29, 0.717) is 0 Å². The molecule has 0 aliphatic rings. The number of rotatable bonds is 3. The summed E-state index contributed by atoms with van der Waals surface area (Å²) in [5.74, 6) is 0. The van der Waals surface area contributed by atoms with Crippen molar-refractivity contribution in [1.29, 1.82) is 0 Å². The summed E-state index contributed by atoms with van der Waals surface area (Å²) in [7, 11) is 0. The second kappa shape index (κ2) is 4.69. The van der Waals surface area contributed by atoms with Crippen LogP contribution in [0.2, 0.25) is 0 Å². The number of fused-ring (bicyclic) bond motifs is 1. The van der Waals surface area contributed by atoms with Gasteiger partial charge in [0.05, 0.1) is 5.69 Å². The zero-order chi connectivity index (χ0) is 13.2. The molecule has 3 nitrogen and oxygen atoms in total. The molecule has 3 rings (SSSR count). The Morgan fingerprint density at radius 2 is 2.00 bits per heavy atom. The molecule has 3 aromatic rings. The lowest BCUT2D eigenvalue weighted by Crippen LogP contribution is -1.84. The van der Waals surface area contributed by atoms with Crippen LogP contribution in [-0.4, -0.2) is 16.3 Å². The van der Waals surface area contributed by atoms with E-state index in [4.69, 9.17) is 0 Å². The molecule has 0 unspecified atom stereocenters. The molecule has 1 N–H and O–H groups in total. The average Bonchev–Trinajstić information content (AvgIpc) is 2.86. The van der Waals surface area contributed by atoms with Crippen LogP contribution in [0.5, 0.6) is 0 Å². The summed E-state index contributed by atoms with van der Waals surface area (Å²) in [6, 6.07) is 9.88. The van der Waals surface area contributed by atoms with Crippen molar-refractivity contribution in [1.82, 2.24) is 9.97 Å². The van der Waals surface area contributed by atoms with Gasteiger partial charge in [0.2, 0.25) is 0 Å². The number of aromatic nitrogens is 2. The predicted octanol–water partition coefficient (Wildman–Crippen LogP) is 3.60. The largest absolute Gasteiger partial charge is 0.354 e. The Labute approximate surface area is 111 Å². The Morgan fingerprint density at radius 1 is 1.21 bits per heavy atom. The number of aryl methyl sites for hydroxylation is 1. The van der Waals surface area contributed by atoms with Crippen LogP contribution in [0.3, 0.4) is 0 Å². The average molecular weight is 250 g/mol. The molecule has 19 heavy (non-hydrogen) atoms. The van der Waals surface area contributed by atoms with Crippen molar-refractivity contribution in [2.24, 2.45) is 0 Å². The molecule has 0 radical (unpaired) electrons. The summed E-state index contributed by atoms with van der Waals surface area (Å²) in [5.41, 5.74) is 4.85. The van der Waals surface area contributed by atoms with Gasteiger partial charge in [-0.05, 0) is 24.1 Å². The molecule has 0 spiro atoms. The maximum atomic E-state index is 11.4. The fourth-order valence-electron chi connectivity index (χ4n) is 2.46. The summed E-state index contributed by atoms with van der Waals surface area (Å²) >= 11 is 0. The fraction of sp³-hybridized carbons (Fsp3) is 0.125. The number of H-pyrrole nitrogens is 1. The quantitative estimate of drug-likeness (QED) is 0.722. The Kier molecular flexibility index (Phi) is 2.88. The van der Waals surface area contributed by atoms with Crippen LogP contribution in [0, 0.1) is 0 Å².